The Morgan fingerprint density at radius 1 is 1.31 bits per heavy atom. The number of alkyl halides is 2. The number of allylic oxidation sites excluding steroid dienone is 1. The zero-order valence-corrected chi connectivity index (χ0v) is 22.2. The molecule has 1 atom stereocenters. The number of benzene rings is 2. The van der Waals surface area contributed by atoms with E-state index >= 15 is 0 Å². The third-order valence-electron chi connectivity index (χ3n) is 6.37. The predicted octanol–water partition coefficient (Wildman–Crippen LogP) is 7.68. The molecule has 1 unspecified atom stereocenters. The van der Waals surface area contributed by atoms with Crippen molar-refractivity contribution in [2.24, 2.45) is 0 Å². The van der Waals surface area contributed by atoms with Crippen molar-refractivity contribution in [1.82, 2.24) is 4.98 Å². The third kappa shape index (κ3) is 5.65. The van der Waals surface area contributed by atoms with Gasteiger partial charge in [0.2, 0.25) is 0 Å². The number of methoxy groups -OCH3 is 1. The van der Waals surface area contributed by atoms with Crippen molar-refractivity contribution in [3.05, 3.63) is 76.3 Å². The van der Waals surface area contributed by atoms with E-state index in [0.717, 1.165) is 50.4 Å². The van der Waals surface area contributed by atoms with Gasteiger partial charge in [-0.25, -0.2) is 4.98 Å². The molecule has 0 N–H and O–H groups in total. The van der Waals surface area contributed by atoms with Crippen LogP contribution in [0.1, 0.15) is 52.9 Å². The Kier molecular flexibility index (Phi) is 8.15. The molecule has 0 saturated heterocycles. The van der Waals surface area contributed by atoms with Crippen LogP contribution in [0.25, 0.3) is 10.6 Å². The van der Waals surface area contributed by atoms with Crippen LogP contribution in [0, 0.1) is 6.92 Å². The highest BCUT2D eigenvalue weighted by Gasteiger charge is 2.28. The van der Waals surface area contributed by atoms with Crippen molar-refractivity contribution < 1.29 is 23.0 Å². The van der Waals surface area contributed by atoms with E-state index in [1.807, 2.05) is 13.8 Å². The van der Waals surface area contributed by atoms with Crippen LogP contribution in [0.3, 0.4) is 0 Å². The molecule has 0 fully saturated rings. The minimum atomic E-state index is -3.05. The van der Waals surface area contributed by atoms with Crippen LogP contribution in [-0.2, 0) is 27.6 Å². The van der Waals surface area contributed by atoms with Crippen LogP contribution in [0.15, 0.2) is 53.9 Å². The molecule has 0 spiro atoms. The Labute approximate surface area is 218 Å². The molecule has 1 aromatic heterocycles. The summed E-state index contributed by atoms with van der Waals surface area (Å²) < 4.78 is 38.5. The molecule has 0 aliphatic heterocycles. The van der Waals surface area contributed by atoms with Crippen molar-refractivity contribution in [2.45, 2.75) is 55.6 Å². The second kappa shape index (κ2) is 11.1. The Hall–Kier alpha value is -2.71. The van der Waals surface area contributed by atoms with E-state index in [9.17, 15) is 13.6 Å². The smallest absolute Gasteiger partial charge is 0.306 e. The number of nitrogens with zero attached hydrogens (tertiary/aromatic N) is 1. The summed E-state index contributed by atoms with van der Waals surface area (Å²) in [5, 5.41) is 0.805. The number of aromatic nitrogens is 1. The Morgan fingerprint density at radius 3 is 2.72 bits per heavy atom. The molecular weight excluding hydrogens is 500 g/mol. The first-order valence-corrected chi connectivity index (χ1v) is 13.6. The zero-order chi connectivity index (χ0) is 25.9. The predicted molar refractivity (Wildman–Crippen MR) is 141 cm³/mol. The number of aryl methyl sites for hydroxylation is 2. The molecule has 1 aliphatic carbocycles. The minimum Gasteiger partial charge on any atom is -0.496 e. The lowest BCUT2D eigenvalue weighted by atomic mass is 9.98. The SMILES string of the molecule is C=CC(F)(F)c1ccc(-c2nc(C)c(CSc3cc4c(cc3OC)C(CC(=O)OCC)CC4)s2)cc1. The van der Waals surface area contributed by atoms with Gasteiger partial charge in [0.05, 0.1) is 25.8 Å². The topological polar surface area (TPSA) is 48.4 Å². The molecule has 1 aliphatic rings. The highest BCUT2D eigenvalue weighted by atomic mass is 32.2. The van der Waals surface area contributed by atoms with Gasteiger partial charge in [-0.05, 0) is 61.9 Å². The maximum atomic E-state index is 13.8. The summed E-state index contributed by atoms with van der Waals surface area (Å²) >= 11 is 3.26. The highest BCUT2D eigenvalue weighted by Crippen LogP contribution is 2.43. The van der Waals surface area contributed by atoms with E-state index in [2.05, 4.69) is 23.7 Å². The maximum absolute atomic E-state index is 13.8. The molecule has 0 saturated carbocycles. The average molecular weight is 530 g/mol. The van der Waals surface area contributed by atoms with E-state index in [1.54, 1.807) is 42.3 Å². The first kappa shape index (κ1) is 26.4. The molecule has 4 rings (SSSR count). The van der Waals surface area contributed by atoms with Gasteiger partial charge in [-0.3, -0.25) is 4.79 Å². The number of hydrogen-bond acceptors (Lipinski definition) is 6. The number of thioether (sulfide) groups is 1. The average Bonchev–Trinajstić information content (AvgIpc) is 3.44. The molecule has 1 heterocycles. The number of halogens is 2. The number of carbonyl (C=O) groups is 1. The lowest BCUT2D eigenvalue weighted by molar-refractivity contribution is -0.143. The van der Waals surface area contributed by atoms with Gasteiger partial charge < -0.3 is 9.47 Å². The van der Waals surface area contributed by atoms with Crippen molar-refractivity contribution >= 4 is 29.1 Å². The van der Waals surface area contributed by atoms with Crippen LogP contribution in [0.5, 0.6) is 5.75 Å². The number of rotatable bonds is 10. The molecule has 3 aromatic rings. The quantitative estimate of drug-likeness (QED) is 0.153. The normalized spacial score (nSPS) is 15.0. The van der Waals surface area contributed by atoms with Crippen molar-refractivity contribution in [1.29, 1.82) is 0 Å². The van der Waals surface area contributed by atoms with Gasteiger partial charge in [0.25, 0.3) is 5.92 Å². The number of carbonyl (C=O) groups excluding carboxylic acids is 1. The number of ether oxygens (including phenoxy) is 2. The summed E-state index contributed by atoms with van der Waals surface area (Å²) in [6.07, 6.45) is 2.91. The molecule has 36 heavy (non-hydrogen) atoms. The van der Waals surface area contributed by atoms with Gasteiger partial charge in [0.15, 0.2) is 0 Å². The summed E-state index contributed by atoms with van der Waals surface area (Å²) in [4.78, 5) is 18.9. The lowest BCUT2D eigenvalue weighted by Gasteiger charge is -2.14. The van der Waals surface area contributed by atoms with Crippen molar-refractivity contribution in [2.75, 3.05) is 13.7 Å². The zero-order valence-electron chi connectivity index (χ0n) is 20.6. The highest BCUT2D eigenvalue weighted by molar-refractivity contribution is 7.98. The fraction of sp³-hybridized carbons (Fsp3) is 0.357. The molecule has 0 radical (unpaired) electrons. The molecule has 0 bridgehead atoms. The van der Waals surface area contributed by atoms with E-state index in [0.29, 0.717) is 19.1 Å². The largest absolute Gasteiger partial charge is 0.496 e. The summed E-state index contributed by atoms with van der Waals surface area (Å²) in [6, 6.07) is 10.5. The molecule has 2 aromatic carbocycles. The van der Waals surface area contributed by atoms with Crippen LogP contribution in [0.2, 0.25) is 0 Å². The second-order valence-electron chi connectivity index (χ2n) is 8.67. The van der Waals surface area contributed by atoms with E-state index in [4.69, 9.17) is 9.47 Å². The molecule has 4 nitrogen and oxygen atoms in total. The van der Waals surface area contributed by atoms with E-state index in [1.165, 1.54) is 23.3 Å². The van der Waals surface area contributed by atoms with Gasteiger partial charge in [-0.15, -0.1) is 23.1 Å². The van der Waals surface area contributed by atoms with Gasteiger partial charge in [0, 0.05) is 26.7 Å². The minimum absolute atomic E-state index is 0.0847. The van der Waals surface area contributed by atoms with Crippen LogP contribution in [0.4, 0.5) is 8.78 Å². The number of hydrogen-bond donors (Lipinski definition) is 0. The monoisotopic (exact) mass is 529 g/mol. The summed E-state index contributed by atoms with van der Waals surface area (Å²) in [7, 11) is 1.66. The number of esters is 1. The van der Waals surface area contributed by atoms with Gasteiger partial charge in [-0.1, -0.05) is 30.8 Å². The van der Waals surface area contributed by atoms with Crippen LogP contribution >= 0.6 is 23.1 Å². The fourth-order valence-electron chi connectivity index (χ4n) is 4.39. The first-order chi connectivity index (χ1) is 17.2. The van der Waals surface area contributed by atoms with Crippen molar-refractivity contribution in [3.63, 3.8) is 0 Å². The Bertz CT molecular complexity index is 1250. The Morgan fingerprint density at radius 2 is 2.06 bits per heavy atom. The van der Waals surface area contributed by atoms with Crippen LogP contribution < -0.4 is 4.74 Å². The maximum Gasteiger partial charge on any atom is 0.306 e. The number of fused-ring (bicyclic) bond motifs is 1. The van der Waals surface area contributed by atoms with Gasteiger partial charge >= 0.3 is 5.97 Å². The fourth-order valence-corrected chi connectivity index (χ4v) is 6.67. The van der Waals surface area contributed by atoms with E-state index in [-0.39, 0.29) is 17.5 Å². The Balaban J connectivity index is 1.48. The third-order valence-corrected chi connectivity index (χ3v) is 8.82. The molecule has 8 heteroatoms. The summed E-state index contributed by atoms with van der Waals surface area (Å²) in [6.45, 7) is 7.40. The van der Waals surface area contributed by atoms with Crippen LogP contribution in [-0.4, -0.2) is 24.7 Å². The summed E-state index contributed by atoms with van der Waals surface area (Å²) in [5.74, 6) is -1.52. The molecule has 190 valence electrons. The lowest BCUT2D eigenvalue weighted by Crippen LogP contribution is -2.08. The molecule has 0 amide bonds. The van der Waals surface area contributed by atoms with E-state index < -0.39 is 5.92 Å². The second-order valence-corrected chi connectivity index (χ2v) is 10.8. The van der Waals surface area contributed by atoms with Crippen molar-refractivity contribution in [3.8, 4) is 16.3 Å². The molecular formula is C28H29F2NO3S2. The standard InChI is InChI=1S/C28H29F2NO3S2/c1-5-28(29,30)21-11-9-18(10-12-21)27-31-17(3)25(36-27)16-35-24-13-19-7-8-20(14-26(32)34-6-2)22(19)15-23(24)33-4/h5,9-13,15,20H,1,6-8,14,16H2,2-4H3. The van der Waals surface area contributed by atoms with Gasteiger partial charge in [-0.2, -0.15) is 8.78 Å². The van der Waals surface area contributed by atoms with Gasteiger partial charge in [0.1, 0.15) is 10.8 Å². The summed E-state index contributed by atoms with van der Waals surface area (Å²) in [5.41, 5.74) is 4.08. The first-order valence-electron chi connectivity index (χ1n) is 11.8. The number of thiazole rings is 1.